The largest absolute Gasteiger partial charge is 0.465 e. The summed E-state index contributed by atoms with van der Waals surface area (Å²) < 4.78 is 49.6. The second-order valence-electron chi connectivity index (χ2n) is 5.09. The van der Waals surface area contributed by atoms with E-state index < -0.39 is 36.1 Å². The van der Waals surface area contributed by atoms with Crippen LogP contribution in [0.15, 0.2) is 22.6 Å². The molecule has 2 rings (SSSR count). The molecule has 5 nitrogen and oxygen atoms in total. The number of aryl methyl sites for hydroxylation is 1. The molecule has 2 aromatic rings. The summed E-state index contributed by atoms with van der Waals surface area (Å²) in [4.78, 5) is 11.5. The van der Waals surface area contributed by atoms with E-state index in [4.69, 9.17) is 4.42 Å². The summed E-state index contributed by atoms with van der Waals surface area (Å²) in [6.07, 6.45) is 0. The fraction of sp³-hybridized carbons (Fsp3) is 0.312. The van der Waals surface area contributed by atoms with Crippen LogP contribution in [0.1, 0.15) is 33.5 Å². The lowest BCUT2D eigenvalue weighted by atomic mass is 10.1. The van der Waals surface area contributed by atoms with Gasteiger partial charge < -0.3 is 19.6 Å². The minimum Gasteiger partial charge on any atom is -0.465 e. The summed E-state index contributed by atoms with van der Waals surface area (Å²) in [5, 5.41) is 12.2. The first-order valence-corrected chi connectivity index (χ1v) is 7.03. The summed E-state index contributed by atoms with van der Waals surface area (Å²) in [6.45, 7) is 1.18. The molecule has 1 unspecified atom stereocenters. The third kappa shape index (κ3) is 3.77. The van der Waals surface area contributed by atoms with E-state index >= 15 is 0 Å². The van der Waals surface area contributed by atoms with Crippen LogP contribution in [-0.4, -0.2) is 24.8 Å². The maximum atomic E-state index is 13.3. The minimum atomic E-state index is -1.57. The van der Waals surface area contributed by atoms with Gasteiger partial charge in [-0.15, -0.1) is 0 Å². The van der Waals surface area contributed by atoms with Crippen molar-refractivity contribution in [3.05, 3.63) is 58.3 Å². The number of esters is 1. The first kappa shape index (κ1) is 18.0. The van der Waals surface area contributed by atoms with Gasteiger partial charge in [-0.05, 0) is 30.7 Å². The molecule has 0 amide bonds. The monoisotopic (exact) mass is 343 g/mol. The molecule has 2 N–H and O–H groups in total. The summed E-state index contributed by atoms with van der Waals surface area (Å²) in [5.41, 5.74) is 0.305. The number of carbonyl (C=O) groups excluding carboxylic acids is 1. The molecular weight excluding hydrogens is 327 g/mol. The van der Waals surface area contributed by atoms with Crippen molar-refractivity contribution in [3.8, 4) is 0 Å². The normalized spacial score (nSPS) is 12.2. The van der Waals surface area contributed by atoms with Crippen LogP contribution in [0.4, 0.5) is 13.2 Å². The predicted molar refractivity (Wildman–Crippen MR) is 77.8 cm³/mol. The van der Waals surface area contributed by atoms with Crippen LogP contribution in [-0.2, 0) is 11.3 Å². The summed E-state index contributed by atoms with van der Waals surface area (Å²) in [5.74, 6) is -4.07. The van der Waals surface area contributed by atoms with Gasteiger partial charge in [0.15, 0.2) is 17.5 Å². The third-order valence-electron chi connectivity index (χ3n) is 3.49. The van der Waals surface area contributed by atoms with Crippen LogP contribution in [0.3, 0.4) is 0 Å². The molecule has 1 aromatic heterocycles. The van der Waals surface area contributed by atoms with Gasteiger partial charge in [0.05, 0.1) is 26.3 Å². The highest BCUT2D eigenvalue weighted by Gasteiger charge is 2.19. The molecule has 1 heterocycles. The van der Waals surface area contributed by atoms with E-state index in [1.165, 1.54) is 13.2 Å². The van der Waals surface area contributed by atoms with Crippen molar-refractivity contribution < 1.29 is 32.2 Å². The number of furan rings is 1. The van der Waals surface area contributed by atoms with Crippen molar-refractivity contribution >= 4 is 5.97 Å². The zero-order valence-corrected chi connectivity index (χ0v) is 13.0. The van der Waals surface area contributed by atoms with Gasteiger partial charge in [0.2, 0.25) is 0 Å². The fourth-order valence-electron chi connectivity index (χ4n) is 2.23. The zero-order valence-electron chi connectivity index (χ0n) is 13.0. The Morgan fingerprint density at radius 3 is 2.46 bits per heavy atom. The second kappa shape index (κ2) is 7.50. The van der Waals surface area contributed by atoms with Gasteiger partial charge in [-0.2, -0.15) is 0 Å². The van der Waals surface area contributed by atoms with Crippen LogP contribution in [0.2, 0.25) is 0 Å². The van der Waals surface area contributed by atoms with E-state index in [0.29, 0.717) is 11.5 Å². The number of hydrogen-bond acceptors (Lipinski definition) is 5. The SMILES string of the molecule is COC(=O)c1cc(CNC(CO)c2cc(F)c(F)c(F)c2)oc1C. The molecule has 0 saturated heterocycles. The molecule has 1 atom stereocenters. The molecule has 1 aromatic carbocycles. The van der Waals surface area contributed by atoms with Gasteiger partial charge >= 0.3 is 5.97 Å². The zero-order chi connectivity index (χ0) is 17.9. The lowest BCUT2D eigenvalue weighted by Crippen LogP contribution is -2.24. The van der Waals surface area contributed by atoms with E-state index in [0.717, 1.165) is 12.1 Å². The van der Waals surface area contributed by atoms with E-state index in [1.807, 2.05) is 0 Å². The Kier molecular flexibility index (Phi) is 5.63. The number of nitrogens with one attached hydrogen (secondary N) is 1. The first-order valence-electron chi connectivity index (χ1n) is 7.03. The molecule has 0 bridgehead atoms. The number of benzene rings is 1. The van der Waals surface area contributed by atoms with Crippen LogP contribution in [0, 0.1) is 24.4 Å². The molecule has 8 heteroatoms. The van der Waals surface area contributed by atoms with Crippen molar-refractivity contribution in [2.75, 3.05) is 13.7 Å². The van der Waals surface area contributed by atoms with Gasteiger partial charge in [0, 0.05) is 0 Å². The first-order chi connectivity index (χ1) is 11.4. The highest BCUT2D eigenvalue weighted by Crippen LogP contribution is 2.21. The van der Waals surface area contributed by atoms with E-state index in [1.54, 1.807) is 6.92 Å². The molecule has 0 saturated carbocycles. The Bertz CT molecular complexity index is 722. The minimum absolute atomic E-state index is 0.0466. The summed E-state index contributed by atoms with van der Waals surface area (Å²) >= 11 is 0. The van der Waals surface area contributed by atoms with Crippen molar-refractivity contribution in [2.24, 2.45) is 0 Å². The van der Waals surface area contributed by atoms with Crippen LogP contribution >= 0.6 is 0 Å². The highest BCUT2D eigenvalue weighted by molar-refractivity contribution is 5.90. The maximum absolute atomic E-state index is 13.3. The molecule has 0 fully saturated rings. The van der Waals surface area contributed by atoms with E-state index in [-0.39, 0.29) is 17.7 Å². The lowest BCUT2D eigenvalue weighted by molar-refractivity contribution is 0.0599. The molecule has 24 heavy (non-hydrogen) atoms. The number of aliphatic hydroxyl groups excluding tert-OH is 1. The van der Waals surface area contributed by atoms with Gasteiger partial charge in [-0.1, -0.05) is 0 Å². The van der Waals surface area contributed by atoms with Gasteiger partial charge in [-0.25, -0.2) is 18.0 Å². The fourth-order valence-corrected chi connectivity index (χ4v) is 2.23. The van der Waals surface area contributed by atoms with Gasteiger partial charge in [0.1, 0.15) is 17.1 Å². The number of carbonyl (C=O) groups is 1. The lowest BCUT2D eigenvalue weighted by Gasteiger charge is -2.16. The number of halogens is 3. The topological polar surface area (TPSA) is 71.7 Å². The Morgan fingerprint density at radius 1 is 1.29 bits per heavy atom. The number of methoxy groups -OCH3 is 1. The average molecular weight is 343 g/mol. The van der Waals surface area contributed by atoms with E-state index in [9.17, 15) is 23.1 Å². The molecular formula is C16H16F3NO4. The second-order valence-corrected chi connectivity index (χ2v) is 5.09. The Hall–Kier alpha value is -2.32. The van der Waals surface area contributed by atoms with Gasteiger partial charge in [0.25, 0.3) is 0 Å². The number of ether oxygens (including phenoxy) is 1. The van der Waals surface area contributed by atoms with Crippen molar-refractivity contribution in [1.29, 1.82) is 0 Å². The average Bonchev–Trinajstić information content (AvgIpc) is 2.93. The van der Waals surface area contributed by atoms with Gasteiger partial charge in [-0.3, -0.25) is 0 Å². The highest BCUT2D eigenvalue weighted by atomic mass is 19.2. The molecule has 130 valence electrons. The Morgan fingerprint density at radius 2 is 1.92 bits per heavy atom. The van der Waals surface area contributed by atoms with Crippen LogP contribution < -0.4 is 5.32 Å². The van der Waals surface area contributed by atoms with Crippen molar-refractivity contribution in [2.45, 2.75) is 19.5 Å². The quantitative estimate of drug-likeness (QED) is 0.623. The third-order valence-corrected chi connectivity index (χ3v) is 3.49. The van der Waals surface area contributed by atoms with Crippen molar-refractivity contribution in [1.82, 2.24) is 5.32 Å². The molecule has 0 aliphatic carbocycles. The summed E-state index contributed by atoms with van der Waals surface area (Å²) in [6, 6.07) is 2.23. The standard InChI is InChI=1S/C16H16F3NO4/c1-8-11(16(22)23-2)5-10(24-8)6-20-14(7-21)9-3-12(17)15(19)13(18)4-9/h3-5,14,20-21H,6-7H2,1-2H3. The molecule has 0 aliphatic heterocycles. The van der Waals surface area contributed by atoms with E-state index in [2.05, 4.69) is 10.1 Å². The Balaban J connectivity index is 2.13. The smallest absolute Gasteiger partial charge is 0.341 e. The molecule has 0 radical (unpaired) electrons. The molecule has 0 spiro atoms. The maximum Gasteiger partial charge on any atom is 0.341 e. The predicted octanol–water partition coefficient (Wildman–Crippen LogP) is 2.62. The Labute approximate surface area is 136 Å². The summed E-state index contributed by atoms with van der Waals surface area (Å²) in [7, 11) is 1.24. The van der Waals surface area contributed by atoms with Crippen LogP contribution in [0.5, 0.6) is 0 Å². The number of aliphatic hydroxyl groups is 1. The van der Waals surface area contributed by atoms with Crippen LogP contribution in [0.25, 0.3) is 0 Å². The van der Waals surface area contributed by atoms with Crippen molar-refractivity contribution in [3.63, 3.8) is 0 Å². The number of hydrogen-bond donors (Lipinski definition) is 2. The molecule has 0 aliphatic rings. The number of rotatable bonds is 6.